The first kappa shape index (κ1) is 16.0. The Morgan fingerprint density at radius 3 is 2.58 bits per heavy atom. The Balaban J connectivity index is 1.59. The van der Waals surface area contributed by atoms with Crippen LogP contribution in [0.1, 0.15) is 16.1 Å². The molecule has 4 rings (SSSR count). The van der Waals surface area contributed by atoms with Crippen molar-refractivity contribution < 1.29 is 4.79 Å². The maximum absolute atomic E-state index is 12.6. The van der Waals surface area contributed by atoms with Gasteiger partial charge in [-0.25, -0.2) is 0 Å². The van der Waals surface area contributed by atoms with E-state index in [4.69, 9.17) is 0 Å². The third kappa shape index (κ3) is 3.17. The average Bonchev–Trinajstić information content (AvgIpc) is 2.68. The molecule has 0 saturated heterocycles. The van der Waals surface area contributed by atoms with Gasteiger partial charge in [0.25, 0.3) is 5.91 Å². The zero-order valence-electron chi connectivity index (χ0n) is 14.3. The first-order valence-corrected chi connectivity index (χ1v) is 8.40. The van der Waals surface area contributed by atoms with Crippen LogP contribution in [0.2, 0.25) is 0 Å². The van der Waals surface area contributed by atoms with Crippen molar-refractivity contribution in [2.75, 3.05) is 5.32 Å². The fraction of sp³-hybridized carbons (Fsp3) is 0.0455. The number of carbonyl (C=O) groups is 1. The number of carbonyl (C=O) groups excluding carboxylic acids is 1. The van der Waals surface area contributed by atoms with E-state index in [0.29, 0.717) is 16.9 Å². The number of rotatable bonds is 3. The van der Waals surface area contributed by atoms with Gasteiger partial charge in [-0.15, -0.1) is 0 Å². The van der Waals surface area contributed by atoms with Gasteiger partial charge in [-0.3, -0.25) is 14.8 Å². The standard InChI is InChI=1S/C22H17N3O/c1-15-19(11-12-20(24-15)16-6-3-2-4-7-16)22(26)25-18-10-9-17-8-5-13-23-21(17)14-18/h2-14H,1H3,(H,25,26). The Labute approximate surface area is 151 Å². The van der Waals surface area contributed by atoms with Gasteiger partial charge in [-0.2, -0.15) is 0 Å². The Morgan fingerprint density at radius 1 is 0.923 bits per heavy atom. The van der Waals surface area contributed by atoms with Gasteiger partial charge in [-0.05, 0) is 37.3 Å². The molecular weight excluding hydrogens is 322 g/mol. The van der Waals surface area contributed by atoms with Crippen molar-refractivity contribution in [1.82, 2.24) is 9.97 Å². The van der Waals surface area contributed by atoms with Gasteiger partial charge in [0, 0.05) is 22.8 Å². The zero-order chi connectivity index (χ0) is 17.9. The predicted molar refractivity (Wildman–Crippen MR) is 104 cm³/mol. The highest BCUT2D eigenvalue weighted by Crippen LogP contribution is 2.21. The molecule has 0 bridgehead atoms. The fourth-order valence-corrected chi connectivity index (χ4v) is 2.91. The highest BCUT2D eigenvalue weighted by molar-refractivity contribution is 6.05. The van der Waals surface area contributed by atoms with Crippen molar-refractivity contribution in [3.8, 4) is 11.3 Å². The molecule has 0 aliphatic carbocycles. The molecule has 0 aliphatic heterocycles. The van der Waals surface area contributed by atoms with Gasteiger partial charge in [0.05, 0.1) is 22.5 Å². The predicted octanol–water partition coefficient (Wildman–Crippen LogP) is 4.86. The van der Waals surface area contributed by atoms with Gasteiger partial charge >= 0.3 is 0 Å². The maximum atomic E-state index is 12.6. The van der Waals surface area contributed by atoms with E-state index in [1.165, 1.54) is 0 Å². The fourth-order valence-electron chi connectivity index (χ4n) is 2.91. The smallest absolute Gasteiger partial charge is 0.257 e. The largest absolute Gasteiger partial charge is 0.322 e. The lowest BCUT2D eigenvalue weighted by molar-refractivity contribution is 0.102. The minimum Gasteiger partial charge on any atom is -0.322 e. The number of pyridine rings is 2. The number of amides is 1. The lowest BCUT2D eigenvalue weighted by atomic mass is 10.1. The van der Waals surface area contributed by atoms with Crippen LogP contribution in [0.15, 0.2) is 79.0 Å². The minimum absolute atomic E-state index is 0.176. The Bertz CT molecular complexity index is 1090. The van der Waals surface area contributed by atoms with Crippen LogP contribution >= 0.6 is 0 Å². The number of hydrogen-bond donors (Lipinski definition) is 1. The van der Waals surface area contributed by atoms with Crippen LogP contribution in [0.5, 0.6) is 0 Å². The molecule has 1 amide bonds. The topological polar surface area (TPSA) is 54.9 Å². The van der Waals surface area contributed by atoms with E-state index in [1.54, 1.807) is 6.20 Å². The van der Waals surface area contributed by atoms with Crippen molar-refractivity contribution in [2.24, 2.45) is 0 Å². The molecule has 0 aliphatic rings. The molecular formula is C22H17N3O. The molecule has 0 radical (unpaired) electrons. The van der Waals surface area contributed by atoms with Gasteiger partial charge in [0.15, 0.2) is 0 Å². The monoisotopic (exact) mass is 339 g/mol. The lowest BCUT2D eigenvalue weighted by Crippen LogP contribution is -2.14. The molecule has 0 unspecified atom stereocenters. The molecule has 126 valence electrons. The van der Waals surface area contributed by atoms with Gasteiger partial charge in [0.2, 0.25) is 0 Å². The van der Waals surface area contributed by atoms with Crippen molar-refractivity contribution in [3.63, 3.8) is 0 Å². The Kier molecular flexibility index (Phi) is 4.15. The van der Waals surface area contributed by atoms with Crippen LogP contribution in [-0.4, -0.2) is 15.9 Å². The van der Waals surface area contributed by atoms with Crippen molar-refractivity contribution in [1.29, 1.82) is 0 Å². The summed E-state index contributed by atoms with van der Waals surface area (Å²) in [7, 11) is 0. The zero-order valence-corrected chi connectivity index (χ0v) is 14.3. The summed E-state index contributed by atoms with van der Waals surface area (Å²) in [6.45, 7) is 1.85. The average molecular weight is 339 g/mol. The molecule has 2 aromatic carbocycles. The second-order valence-electron chi connectivity index (χ2n) is 6.06. The summed E-state index contributed by atoms with van der Waals surface area (Å²) in [5.74, 6) is -0.176. The van der Waals surface area contributed by atoms with E-state index in [9.17, 15) is 4.79 Å². The van der Waals surface area contributed by atoms with Crippen molar-refractivity contribution in [3.05, 3.63) is 90.3 Å². The number of aryl methyl sites for hydroxylation is 1. The molecule has 4 aromatic rings. The minimum atomic E-state index is -0.176. The molecule has 1 N–H and O–H groups in total. The van der Waals surface area contributed by atoms with E-state index in [0.717, 1.165) is 22.2 Å². The van der Waals surface area contributed by atoms with Gasteiger partial charge < -0.3 is 5.32 Å². The van der Waals surface area contributed by atoms with E-state index in [-0.39, 0.29) is 5.91 Å². The quantitative estimate of drug-likeness (QED) is 0.580. The van der Waals surface area contributed by atoms with E-state index >= 15 is 0 Å². The van der Waals surface area contributed by atoms with Gasteiger partial charge in [-0.1, -0.05) is 42.5 Å². The van der Waals surface area contributed by atoms with Crippen molar-refractivity contribution >= 4 is 22.5 Å². The highest BCUT2D eigenvalue weighted by Gasteiger charge is 2.12. The van der Waals surface area contributed by atoms with Crippen molar-refractivity contribution in [2.45, 2.75) is 6.92 Å². The van der Waals surface area contributed by atoms with E-state index in [1.807, 2.05) is 79.7 Å². The summed E-state index contributed by atoms with van der Waals surface area (Å²) in [5, 5.41) is 3.97. The summed E-state index contributed by atoms with van der Waals surface area (Å²) >= 11 is 0. The Morgan fingerprint density at radius 2 is 1.77 bits per heavy atom. The number of benzene rings is 2. The first-order chi connectivity index (χ1) is 12.7. The highest BCUT2D eigenvalue weighted by atomic mass is 16.1. The van der Waals surface area contributed by atoms with Crippen LogP contribution in [0.3, 0.4) is 0 Å². The first-order valence-electron chi connectivity index (χ1n) is 8.40. The third-order valence-electron chi connectivity index (χ3n) is 4.26. The number of aromatic nitrogens is 2. The molecule has 4 heteroatoms. The number of nitrogens with one attached hydrogen (secondary N) is 1. The number of fused-ring (bicyclic) bond motifs is 1. The summed E-state index contributed by atoms with van der Waals surface area (Å²) in [5.41, 5.74) is 4.71. The summed E-state index contributed by atoms with van der Waals surface area (Å²) in [6, 6.07) is 23.2. The third-order valence-corrected chi connectivity index (χ3v) is 4.26. The molecule has 0 saturated carbocycles. The molecule has 0 fully saturated rings. The number of nitrogens with zero attached hydrogens (tertiary/aromatic N) is 2. The van der Waals surface area contributed by atoms with Crippen LogP contribution < -0.4 is 5.32 Å². The lowest BCUT2D eigenvalue weighted by Gasteiger charge is -2.09. The molecule has 2 heterocycles. The molecule has 4 nitrogen and oxygen atoms in total. The van der Waals surface area contributed by atoms with E-state index in [2.05, 4.69) is 15.3 Å². The van der Waals surface area contributed by atoms with Crippen LogP contribution in [0.25, 0.3) is 22.2 Å². The van der Waals surface area contributed by atoms with Crippen LogP contribution in [0, 0.1) is 6.92 Å². The number of hydrogen-bond acceptors (Lipinski definition) is 3. The maximum Gasteiger partial charge on any atom is 0.257 e. The Hall–Kier alpha value is -3.53. The summed E-state index contributed by atoms with van der Waals surface area (Å²) < 4.78 is 0. The molecule has 0 atom stereocenters. The second-order valence-corrected chi connectivity index (χ2v) is 6.06. The SMILES string of the molecule is Cc1nc(-c2ccccc2)ccc1C(=O)Nc1ccc2cccnc2c1. The summed E-state index contributed by atoms with van der Waals surface area (Å²) in [4.78, 5) is 21.6. The normalized spacial score (nSPS) is 10.7. The summed E-state index contributed by atoms with van der Waals surface area (Å²) in [6.07, 6.45) is 1.74. The molecule has 26 heavy (non-hydrogen) atoms. The second kappa shape index (κ2) is 6.76. The van der Waals surface area contributed by atoms with E-state index < -0.39 is 0 Å². The molecule has 0 spiro atoms. The molecule has 2 aromatic heterocycles. The number of anilines is 1. The van der Waals surface area contributed by atoms with Crippen LogP contribution in [0.4, 0.5) is 5.69 Å². The van der Waals surface area contributed by atoms with Crippen LogP contribution in [-0.2, 0) is 0 Å². The van der Waals surface area contributed by atoms with Gasteiger partial charge in [0.1, 0.15) is 0 Å².